The Morgan fingerprint density at radius 1 is 1.09 bits per heavy atom. The molecule has 172 valence electrons. The van der Waals surface area contributed by atoms with Gasteiger partial charge in [-0.3, -0.25) is 25.0 Å². The lowest BCUT2D eigenvalue weighted by Crippen LogP contribution is -2.48. The predicted molar refractivity (Wildman–Crippen MR) is 124 cm³/mol. The van der Waals surface area contributed by atoms with E-state index < -0.39 is 21.6 Å². The Morgan fingerprint density at radius 3 is 2.28 bits per heavy atom. The Hall–Kier alpha value is -3.20. The predicted octanol–water partition coefficient (Wildman–Crippen LogP) is 5.10. The van der Waals surface area contributed by atoms with E-state index >= 15 is 0 Å². The van der Waals surface area contributed by atoms with Gasteiger partial charge in [-0.25, -0.2) is 0 Å². The second-order valence-electron chi connectivity index (χ2n) is 7.87. The molecule has 1 unspecified atom stereocenters. The number of carbonyl (C=O) groups is 1. The van der Waals surface area contributed by atoms with Crippen molar-refractivity contribution in [3.8, 4) is 0 Å². The first-order valence-corrected chi connectivity index (χ1v) is 10.7. The van der Waals surface area contributed by atoms with Gasteiger partial charge < -0.3 is 10.2 Å². The highest BCUT2D eigenvalue weighted by molar-refractivity contribution is 6.30. The van der Waals surface area contributed by atoms with Crippen molar-refractivity contribution in [3.05, 3.63) is 73.3 Å². The third-order valence-electron chi connectivity index (χ3n) is 4.89. The van der Waals surface area contributed by atoms with Crippen molar-refractivity contribution >= 4 is 34.6 Å². The van der Waals surface area contributed by atoms with Crippen molar-refractivity contribution in [2.24, 2.45) is 5.92 Å². The van der Waals surface area contributed by atoms with Crippen molar-refractivity contribution < 1.29 is 14.6 Å². The van der Waals surface area contributed by atoms with Crippen molar-refractivity contribution in [2.45, 2.75) is 46.2 Å². The molecule has 0 radical (unpaired) electrons. The molecule has 0 heterocycles. The Kier molecular flexibility index (Phi) is 8.95. The smallest absolute Gasteiger partial charge is 0.299 e. The first-order chi connectivity index (χ1) is 15.1. The van der Waals surface area contributed by atoms with Gasteiger partial charge in [-0.2, -0.15) is 0 Å². The summed E-state index contributed by atoms with van der Waals surface area (Å²) in [6.07, 6.45) is 1.09. The van der Waals surface area contributed by atoms with Gasteiger partial charge in [0.2, 0.25) is 5.91 Å². The molecule has 0 aliphatic rings. The Bertz CT molecular complexity index is 965. The number of hydrogen-bond acceptors (Lipinski definition) is 6. The van der Waals surface area contributed by atoms with E-state index in [1.807, 2.05) is 32.9 Å². The number of nitro groups is 2. The first kappa shape index (κ1) is 25.1. The third kappa shape index (κ3) is 6.65. The van der Waals surface area contributed by atoms with Gasteiger partial charge in [-0.1, -0.05) is 44.5 Å². The van der Waals surface area contributed by atoms with E-state index in [2.05, 4.69) is 5.32 Å². The van der Waals surface area contributed by atoms with Gasteiger partial charge in [0, 0.05) is 24.2 Å². The number of anilines is 1. The largest absolute Gasteiger partial charge is 0.354 e. The summed E-state index contributed by atoms with van der Waals surface area (Å²) < 4.78 is 0. The number of nitrogens with zero attached hydrogens (tertiary/aromatic N) is 3. The van der Waals surface area contributed by atoms with Crippen LogP contribution in [0.15, 0.2) is 42.5 Å². The minimum atomic E-state index is -0.678. The van der Waals surface area contributed by atoms with Crippen LogP contribution in [-0.4, -0.2) is 28.3 Å². The highest BCUT2D eigenvalue weighted by Gasteiger charge is 2.32. The fourth-order valence-electron chi connectivity index (χ4n) is 3.43. The van der Waals surface area contributed by atoms with Crippen LogP contribution in [-0.2, 0) is 11.3 Å². The molecule has 0 spiro atoms. The molecular formula is C22H27ClN4O5. The van der Waals surface area contributed by atoms with Crippen molar-refractivity contribution in [1.82, 2.24) is 5.32 Å². The molecule has 2 rings (SSSR count). The van der Waals surface area contributed by atoms with E-state index in [1.165, 1.54) is 12.1 Å². The van der Waals surface area contributed by atoms with E-state index in [0.29, 0.717) is 24.4 Å². The van der Waals surface area contributed by atoms with Crippen LogP contribution in [0.1, 0.15) is 39.2 Å². The molecule has 0 saturated carbocycles. The molecule has 10 heteroatoms. The van der Waals surface area contributed by atoms with Crippen LogP contribution in [0.3, 0.4) is 0 Å². The molecule has 0 fully saturated rings. The van der Waals surface area contributed by atoms with Crippen LogP contribution in [0.25, 0.3) is 0 Å². The molecule has 0 bridgehead atoms. The second kappa shape index (κ2) is 11.4. The number of rotatable bonds is 11. The van der Waals surface area contributed by atoms with Crippen LogP contribution < -0.4 is 10.2 Å². The summed E-state index contributed by atoms with van der Waals surface area (Å²) in [7, 11) is 0. The van der Waals surface area contributed by atoms with Crippen molar-refractivity contribution in [3.63, 3.8) is 0 Å². The number of hydrogen-bond donors (Lipinski definition) is 1. The van der Waals surface area contributed by atoms with E-state index in [1.54, 1.807) is 17.0 Å². The first-order valence-electron chi connectivity index (χ1n) is 10.4. The maximum absolute atomic E-state index is 13.2. The summed E-state index contributed by atoms with van der Waals surface area (Å²) in [6, 6.07) is 9.93. The lowest BCUT2D eigenvalue weighted by atomic mass is 10.00. The van der Waals surface area contributed by atoms with Gasteiger partial charge >= 0.3 is 0 Å². The normalized spacial score (nSPS) is 11.8. The fraction of sp³-hybridized carbons (Fsp3) is 0.409. The quantitative estimate of drug-likeness (QED) is 0.366. The van der Waals surface area contributed by atoms with Gasteiger partial charge in [-0.15, -0.1) is 0 Å². The minimum absolute atomic E-state index is 0.137. The number of halogens is 1. The SMILES string of the molecule is CCCN(c1ccc([N+](=O)[O-])cc1[N+](=O)[O-])C(CC(C)C)C(=O)NCc1ccc(Cl)cc1. The summed E-state index contributed by atoms with van der Waals surface area (Å²) in [5.74, 6) is -0.132. The number of benzene rings is 2. The van der Waals surface area contributed by atoms with E-state index in [0.717, 1.165) is 11.6 Å². The molecule has 0 aliphatic carbocycles. The summed E-state index contributed by atoms with van der Waals surface area (Å²) in [5.41, 5.74) is 0.292. The van der Waals surface area contributed by atoms with Crippen molar-refractivity contribution in [1.29, 1.82) is 0 Å². The third-order valence-corrected chi connectivity index (χ3v) is 5.15. The highest BCUT2D eigenvalue weighted by Crippen LogP contribution is 2.34. The molecule has 32 heavy (non-hydrogen) atoms. The molecule has 1 atom stereocenters. The Balaban J connectivity index is 2.40. The zero-order valence-corrected chi connectivity index (χ0v) is 19.0. The highest BCUT2D eigenvalue weighted by atomic mass is 35.5. The number of amides is 1. The second-order valence-corrected chi connectivity index (χ2v) is 8.31. The summed E-state index contributed by atoms with van der Waals surface area (Å²) in [6.45, 7) is 6.50. The van der Waals surface area contributed by atoms with Crippen molar-refractivity contribution in [2.75, 3.05) is 11.4 Å². The standard InChI is InChI=1S/C22H27ClN4O5/c1-4-11-25(19-10-9-18(26(29)30)13-20(19)27(31)32)21(12-15(2)3)22(28)24-14-16-5-7-17(23)8-6-16/h5-10,13,15,21H,4,11-12,14H2,1-3H3,(H,24,28). The molecular weight excluding hydrogens is 436 g/mol. The van der Waals surface area contributed by atoms with Crippen LogP contribution >= 0.6 is 11.6 Å². The lowest BCUT2D eigenvalue weighted by molar-refractivity contribution is -0.393. The number of carbonyl (C=O) groups excluding carboxylic acids is 1. The zero-order chi connectivity index (χ0) is 23.8. The van der Waals surface area contributed by atoms with Gasteiger partial charge in [0.05, 0.1) is 15.9 Å². The molecule has 2 aromatic carbocycles. The molecule has 2 aromatic rings. The molecule has 1 amide bonds. The van der Waals surface area contributed by atoms with Gasteiger partial charge in [0.25, 0.3) is 11.4 Å². The molecule has 0 aromatic heterocycles. The summed E-state index contributed by atoms with van der Waals surface area (Å²) >= 11 is 5.91. The summed E-state index contributed by atoms with van der Waals surface area (Å²) in [4.78, 5) is 36.4. The minimum Gasteiger partial charge on any atom is -0.354 e. The average Bonchev–Trinajstić information content (AvgIpc) is 2.74. The number of nitrogens with one attached hydrogen (secondary N) is 1. The van der Waals surface area contributed by atoms with Gasteiger partial charge in [-0.05, 0) is 42.5 Å². The monoisotopic (exact) mass is 462 g/mol. The maximum Gasteiger partial charge on any atom is 0.299 e. The lowest BCUT2D eigenvalue weighted by Gasteiger charge is -2.33. The van der Waals surface area contributed by atoms with E-state index in [-0.39, 0.29) is 29.7 Å². The van der Waals surface area contributed by atoms with E-state index in [9.17, 15) is 25.0 Å². The number of non-ortho nitro benzene ring substituents is 1. The fourth-order valence-corrected chi connectivity index (χ4v) is 3.56. The maximum atomic E-state index is 13.2. The zero-order valence-electron chi connectivity index (χ0n) is 18.3. The van der Waals surface area contributed by atoms with Gasteiger partial charge in [0.1, 0.15) is 11.7 Å². The topological polar surface area (TPSA) is 119 Å². The van der Waals surface area contributed by atoms with Crippen LogP contribution in [0.5, 0.6) is 0 Å². The molecule has 9 nitrogen and oxygen atoms in total. The molecule has 0 aliphatic heterocycles. The summed E-state index contributed by atoms with van der Waals surface area (Å²) in [5, 5.41) is 26.3. The Labute approximate surface area is 191 Å². The Morgan fingerprint density at radius 2 is 1.75 bits per heavy atom. The van der Waals surface area contributed by atoms with Crippen LogP contribution in [0, 0.1) is 26.1 Å². The molecule has 1 N–H and O–H groups in total. The van der Waals surface area contributed by atoms with Crippen LogP contribution in [0.4, 0.5) is 17.1 Å². The van der Waals surface area contributed by atoms with E-state index in [4.69, 9.17) is 11.6 Å². The van der Waals surface area contributed by atoms with Crippen LogP contribution in [0.2, 0.25) is 5.02 Å². The average molecular weight is 463 g/mol. The number of nitro benzene ring substituents is 2. The van der Waals surface area contributed by atoms with Gasteiger partial charge in [0.15, 0.2) is 0 Å². The molecule has 0 saturated heterocycles.